The Morgan fingerprint density at radius 2 is 1.15 bits per heavy atom. The molecule has 0 aromatic carbocycles. The zero-order valence-corrected chi connectivity index (χ0v) is 27.1. The molecule has 1 unspecified atom stereocenters. The Morgan fingerprint density at radius 3 is 1.71 bits per heavy atom. The van der Waals surface area contributed by atoms with Crippen LogP contribution in [-0.4, -0.2) is 76.0 Å². The lowest BCUT2D eigenvalue weighted by molar-refractivity contribution is -0.160. The SMILES string of the molecule is [CH2]C(COC(=O)CCC(OCCCCCCCC)OCCCCCCCC)COC(=O)OCCCCN(CC)CC. The topological polar surface area (TPSA) is 83.5 Å². The third-order valence-electron chi connectivity index (χ3n) is 7.09. The summed E-state index contributed by atoms with van der Waals surface area (Å²) in [6.45, 7) is 17.4. The maximum absolute atomic E-state index is 12.3. The van der Waals surface area contributed by atoms with E-state index in [-0.39, 0.29) is 31.5 Å². The fourth-order valence-corrected chi connectivity index (χ4v) is 4.34. The number of esters is 1. The summed E-state index contributed by atoms with van der Waals surface area (Å²) < 4.78 is 27.6. The summed E-state index contributed by atoms with van der Waals surface area (Å²) in [4.78, 5) is 26.5. The zero-order chi connectivity index (χ0) is 30.4. The van der Waals surface area contributed by atoms with Gasteiger partial charge in [0, 0.05) is 25.6 Å². The van der Waals surface area contributed by atoms with Gasteiger partial charge in [-0.05, 0) is 52.2 Å². The summed E-state index contributed by atoms with van der Waals surface area (Å²) in [7, 11) is 0. The molecular weight excluding hydrogens is 522 g/mol. The van der Waals surface area contributed by atoms with Crippen molar-refractivity contribution in [2.24, 2.45) is 5.92 Å². The molecule has 0 aromatic heterocycles. The molecule has 0 aliphatic rings. The van der Waals surface area contributed by atoms with Crippen molar-refractivity contribution in [3.8, 4) is 0 Å². The largest absolute Gasteiger partial charge is 0.508 e. The molecule has 8 heteroatoms. The van der Waals surface area contributed by atoms with Crippen LogP contribution in [-0.2, 0) is 28.5 Å². The highest BCUT2D eigenvalue weighted by Gasteiger charge is 2.15. The first-order valence-corrected chi connectivity index (χ1v) is 16.7. The van der Waals surface area contributed by atoms with E-state index in [0.717, 1.165) is 58.2 Å². The molecule has 243 valence electrons. The quantitative estimate of drug-likeness (QED) is 0.0474. The second kappa shape index (κ2) is 30.1. The van der Waals surface area contributed by atoms with Crippen molar-refractivity contribution >= 4 is 12.1 Å². The summed E-state index contributed by atoms with van der Waals surface area (Å²) in [5, 5.41) is 0. The molecule has 0 amide bonds. The van der Waals surface area contributed by atoms with E-state index >= 15 is 0 Å². The molecule has 0 heterocycles. The average molecular weight is 587 g/mol. The number of unbranched alkanes of at least 4 members (excludes halogenated alkanes) is 11. The van der Waals surface area contributed by atoms with Gasteiger partial charge in [-0.2, -0.15) is 0 Å². The molecule has 1 atom stereocenters. The lowest BCUT2D eigenvalue weighted by Gasteiger charge is -2.19. The molecule has 0 fully saturated rings. The minimum Gasteiger partial charge on any atom is -0.465 e. The third kappa shape index (κ3) is 27.2. The van der Waals surface area contributed by atoms with E-state index in [1.165, 1.54) is 51.4 Å². The maximum atomic E-state index is 12.3. The van der Waals surface area contributed by atoms with Crippen molar-refractivity contribution in [1.82, 2.24) is 4.90 Å². The predicted octanol–water partition coefficient (Wildman–Crippen LogP) is 8.12. The number of rotatable bonds is 30. The van der Waals surface area contributed by atoms with Crippen molar-refractivity contribution in [2.45, 2.75) is 137 Å². The van der Waals surface area contributed by atoms with Crippen molar-refractivity contribution < 1.29 is 33.3 Å². The lowest BCUT2D eigenvalue weighted by Crippen LogP contribution is -2.24. The van der Waals surface area contributed by atoms with Crippen molar-refractivity contribution in [1.29, 1.82) is 0 Å². The maximum Gasteiger partial charge on any atom is 0.508 e. The summed E-state index contributed by atoms with van der Waals surface area (Å²) in [6.07, 6.45) is 15.7. The Labute approximate surface area is 252 Å². The van der Waals surface area contributed by atoms with E-state index in [9.17, 15) is 9.59 Å². The number of nitrogens with zero attached hydrogens (tertiary/aromatic N) is 1. The molecule has 0 aliphatic carbocycles. The Hall–Kier alpha value is -1.38. The Kier molecular flexibility index (Phi) is 29.1. The number of hydrogen-bond donors (Lipinski definition) is 0. The third-order valence-corrected chi connectivity index (χ3v) is 7.09. The van der Waals surface area contributed by atoms with Crippen molar-refractivity contribution in [2.75, 3.05) is 52.7 Å². The van der Waals surface area contributed by atoms with Crippen LogP contribution in [0.5, 0.6) is 0 Å². The molecule has 8 nitrogen and oxygen atoms in total. The Balaban J connectivity index is 4.15. The summed E-state index contributed by atoms with van der Waals surface area (Å²) in [6, 6.07) is 0. The first kappa shape index (κ1) is 39.6. The first-order chi connectivity index (χ1) is 20.0. The highest BCUT2D eigenvalue weighted by Crippen LogP contribution is 2.12. The van der Waals surface area contributed by atoms with Crippen LogP contribution in [0.3, 0.4) is 0 Å². The molecule has 0 rings (SSSR count). The molecule has 0 aromatic rings. The molecule has 0 bridgehead atoms. The highest BCUT2D eigenvalue weighted by molar-refractivity contribution is 5.69. The standard InChI is InChI=1S/C33H64NO7/c1-6-10-12-14-16-19-25-37-32(38-26-20-17-15-13-11-7-2)23-22-31(35)40-28-30(5)29-41-33(36)39-27-21-18-24-34(8-3)9-4/h30,32H,5-29H2,1-4H3. The van der Waals surface area contributed by atoms with E-state index in [4.69, 9.17) is 23.7 Å². The Bertz CT molecular complexity index is 568. The van der Waals surface area contributed by atoms with Crippen LogP contribution in [0.2, 0.25) is 0 Å². The molecule has 0 spiro atoms. The van der Waals surface area contributed by atoms with Crippen LogP contribution < -0.4 is 0 Å². The van der Waals surface area contributed by atoms with Gasteiger partial charge in [-0.15, -0.1) is 0 Å². The Morgan fingerprint density at radius 1 is 0.634 bits per heavy atom. The fraction of sp³-hybridized carbons (Fsp3) is 0.909. The van der Waals surface area contributed by atoms with Gasteiger partial charge in [0.25, 0.3) is 0 Å². The van der Waals surface area contributed by atoms with Gasteiger partial charge in [0.1, 0.15) is 6.61 Å². The number of hydrogen-bond acceptors (Lipinski definition) is 8. The van der Waals surface area contributed by atoms with Gasteiger partial charge in [0.15, 0.2) is 6.29 Å². The van der Waals surface area contributed by atoms with Gasteiger partial charge >= 0.3 is 12.1 Å². The van der Waals surface area contributed by atoms with Crippen molar-refractivity contribution in [3.63, 3.8) is 0 Å². The molecule has 41 heavy (non-hydrogen) atoms. The molecule has 0 aliphatic heterocycles. The highest BCUT2D eigenvalue weighted by atomic mass is 16.7. The second-order valence-electron chi connectivity index (χ2n) is 10.9. The van der Waals surface area contributed by atoms with Gasteiger partial charge in [0.05, 0.1) is 19.6 Å². The van der Waals surface area contributed by atoms with E-state index < -0.39 is 12.4 Å². The van der Waals surface area contributed by atoms with Crippen LogP contribution in [0.4, 0.5) is 4.79 Å². The smallest absolute Gasteiger partial charge is 0.465 e. The second-order valence-corrected chi connectivity index (χ2v) is 10.9. The van der Waals surface area contributed by atoms with Gasteiger partial charge in [-0.3, -0.25) is 4.79 Å². The summed E-state index contributed by atoms with van der Waals surface area (Å²) >= 11 is 0. The lowest BCUT2D eigenvalue weighted by atomic mass is 10.1. The van der Waals surface area contributed by atoms with Crippen LogP contribution >= 0.6 is 0 Å². The van der Waals surface area contributed by atoms with E-state index in [2.05, 4.69) is 39.5 Å². The van der Waals surface area contributed by atoms with E-state index in [0.29, 0.717) is 26.2 Å². The molecule has 1 radical (unpaired) electrons. The van der Waals surface area contributed by atoms with Gasteiger partial charge < -0.3 is 28.6 Å². The van der Waals surface area contributed by atoms with Crippen LogP contribution in [0.1, 0.15) is 130 Å². The monoisotopic (exact) mass is 586 g/mol. The molecule has 0 saturated carbocycles. The van der Waals surface area contributed by atoms with Gasteiger partial charge in [-0.1, -0.05) is 91.9 Å². The number of ether oxygens (including phenoxy) is 5. The fourth-order valence-electron chi connectivity index (χ4n) is 4.34. The van der Waals surface area contributed by atoms with Gasteiger partial charge in [-0.25, -0.2) is 4.79 Å². The molecule has 0 N–H and O–H groups in total. The minimum atomic E-state index is -0.708. The van der Waals surface area contributed by atoms with E-state index in [1.54, 1.807) is 0 Å². The van der Waals surface area contributed by atoms with Crippen LogP contribution in [0.25, 0.3) is 0 Å². The molecular formula is C33H64NO7. The average Bonchev–Trinajstić information content (AvgIpc) is 2.98. The van der Waals surface area contributed by atoms with Crippen LogP contribution in [0, 0.1) is 12.8 Å². The minimum absolute atomic E-state index is 0.0386. The zero-order valence-electron chi connectivity index (χ0n) is 27.1. The van der Waals surface area contributed by atoms with E-state index in [1.807, 2.05) is 0 Å². The summed E-state index contributed by atoms with van der Waals surface area (Å²) in [5.41, 5.74) is 0. The predicted molar refractivity (Wildman–Crippen MR) is 166 cm³/mol. The number of carbonyl (C=O) groups excluding carboxylic acids is 2. The first-order valence-electron chi connectivity index (χ1n) is 16.7. The molecule has 0 saturated heterocycles. The number of carbonyl (C=O) groups is 2. The van der Waals surface area contributed by atoms with Crippen molar-refractivity contribution in [3.05, 3.63) is 6.92 Å². The normalized spacial score (nSPS) is 12.2. The van der Waals surface area contributed by atoms with Gasteiger partial charge in [0.2, 0.25) is 0 Å². The van der Waals surface area contributed by atoms with Crippen LogP contribution in [0.15, 0.2) is 0 Å². The summed E-state index contributed by atoms with van der Waals surface area (Å²) in [5.74, 6) is -0.691.